The van der Waals surface area contributed by atoms with Gasteiger partial charge in [-0.2, -0.15) is 0 Å². The molecule has 3 fully saturated rings. The molecule has 0 aromatic rings. The molecule has 0 aliphatic heterocycles. The quantitative estimate of drug-likeness (QED) is 0.406. The van der Waals surface area contributed by atoms with Crippen molar-refractivity contribution in [1.29, 1.82) is 0 Å². The summed E-state index contributed by atoms with van der Waals surface area (Å²) in [5.74, 6) is 11.6. The van der Waals surface area contributed by atoms with Gasteiger partial charge in [0.1, 0.15) is 0 Å². The van der Waals surface area contributed by atoms with Crippen LogP contribution in [0.4, 0.5) is 0 Å². The van der Waals surface area contributed by atoms with Gasteiger partial charge in [0.15, 0.2) is 0 Å². The third-order valence-corrected chi connectivity index (χ3v) is 10.3. The molecule has 3 saturated carbocycles. The molecule has 12 unspecified atom stereocenters. The molecule has 12 atom stereocenters. The molecule has 3 rings (SSSR count). The average molecular weight is 407 g/mol. The standard InChI is InChI=1S/2C10H20.C9H18/c1-7-5-9(3)10(4)6-8(7)2;1-5-10-8(3)6-7(2)9(10)4;1-6-5-7(2)9(4)8(6)3/h2*7-10H,5-6H2,1-4H3;6-9H,5H2,1-4H3. The highest BCUT2D eigenvalue weighted by atomic mass is 14.4. The highest BCUT2D eigenvalue weighted by molar-refractivity contribution is 4.83. The highest BCUT2D eigenvalue weighted by Crippen LogP contribution is 2.42. The van der Waals surface area contributed by atoms with Gasteiger partial charge in [-0.05, 0) is 96.7 Å². The average Bonchev–Trinajstić information content (AvgIpc) is 3.02. The van der Waals surface area contributed by atoms with Gasteiger partial charge in [0.25, 0.3) is 0 Å². The number of hydrogen-bond acceptors (Lipinski definition) is 0. The van der Waals surface area contributed by atoms with E-state index in [-0.39, 0.29) is 0 Å². The van der Waals surface area contributed by atoms with Crippen molar-refractivity contribution in [2.75, 3.05) is 0 Å². The Bertz CT molecular complexity index is 401. The molecule has 0 heterocycles. The largest absolute Gasteiger partial charge is 0.0651 e. The summed E-state index contributed by atoms with van der Waals surface area (Å²) in [4.78, 5) is 0. The zero-order valence-electron chi connectivity index (χ0n) is 22.5. The fourth-order valence-electron chi connectivity index (χ4n) is 6.84. The van der Waals surface area contributed by atoms with E-state index in [0.717, 1.165) is 71.0 Å². The van der Waals surface area contributed by atoms with E-state index in [0.29, 0.717) is 0 Å². The van der Waals surface area contributed by atoms with Gasteiger partial charge in [-0.15, -0.1) is 0 Å². The number of hydrogen-bond donors (Lipinski definition) is 0. The summed E-state index contributed by atoms with van der Waals surface area (Å²) in [6.07, 6.45) is 7.18. The Labute approximate surface area is 186 Å². The first kappa shape index (κ1) is 27.0. The van der Waals surface area contributed by atoms with Crippen LogP contribution in [-0.4, -0.2) is 0 Å². The van der Waals surface area contributed by atoms with Crippen LogP contribution in [0.2, 0.25) is 0 Å². The summed E-state index contributed by atoms with van der Waals surface area (Å²) >= 11 is 0. The van der Waals surface area contributed by atoms with E-state index in [9.17, 15) is 0 Å². The molecule has 3 aliphatic rings. The fourth-order valence-corrected chi connectivity index (χ4v) is 6.84. The van der Waals surface area contributed by atoms with Crippen LogP contribution in [0, 0.1) is 71.0 Å². The molecule has 0 radical (unpaired) electrons. The van der Waals surface area contributed by atoms with E-state index in [1.807, 2.05) is 0 Å². The minimum Gasteiger partial charge on any atom is -0.0651 e. The first-order valence-electron chi connectivity index (χ1n) is 13.4. The van der Waals surface area contributed by atoms with Gasteiger partial charge >= 0.3 is 0 Å². The maximum atomic E-state index is 2.42. The van der Waals surface area contributed by atoms with Crippen LogP contribution in [-0.2, 0) is 0 Å². The van der Waals surface area contributed by atoms with Crippen LogP contribution in [0.25, 0.3) is 0 Å². The lowest BCUT2D eigenvalue weighted by molar-refractivity contribution is 0.157. The highest BCUT2D eigenvalue weighted by Gasteiger charge is 2.34. The molecule has 29 heavy (non-hydrogen) atoms. The molecule has 174 valence electrons. The summed E-state index contributed by atoms with van der Waals surface area (Å²) in [5.41, 5.74) is 0. The first-order chi connectivity index (χ1) is 13.4. The molecule has 0 bridgehead atoms. The van der Waals surface area contributed by atoms with E-state index in [2.05, 4.69) is 83.1 Å². The SMILES string of the molecule is CC1CC(C)C(C)C1C.CC1CC(C)C(C)CC1C.CCC1C(C)CC(C)C1C. The van der Waals surface area contributed by atoms with Gasteiger partial charge in [0.2, 0.25) is 0 Å². The van der Waals surface area contributed by atoms with Crippen molar-refractivity contribution in [3.63, 3.8) is 0 Å². The van der Waals surface area contributed by atoms with E-state index >= 15 is 0 Å². The molecule has 0 saturated heterocycles. The normalized spacial score (nSPS) is 49.7. The van der Waals surface area contributed by atoms with E-state index < -0.39 is 0 Å². The predicted octanol–water partition coefficient (Wildman–Crippen LogP) is 9.58. The lowest BCUT2D eigenvalue weighted by Gasteiger charge is -2.35. The van der Waals surface area contributed by atoms with Crippen LogP contribution < -0.4 is 0 Å². The Hall–Kier alpha value is 0. The monoisotopic (exact) mass is 406 g/mol. The van der Waals surface area contributed by atoms with Crippen LogP contribution in [0.15, 0.2) is 0 Å². The lowest BCUT2D eigenvalue weighted by atomic mass is 9.71. The summed E-state index contributed by atoms with van der Waals surface area (Å²) in [5, 5.41) is 0. The molecule has 0 N–H and O–H groups in total. The van der Waals surface area contributed by atoms with Crippen LogP contribution in [0.1, 0.15) is 115 Å². The van der Waals surface area contributed by atoms with Gasteiger partial charge in [0.05, 0.1) is 0 Å². The lowest BCUT2D eigenvalue weighted by Crippen LogP contribution is -2.25. The van der Waals surface area contributed by atoms with Gasteiger partial charge in [-0.1, -0.05) is 89.5 Å². The van der Waals surface area contributed by atoms with E-state index in [4.69, 9.17) is 0 Å². The second-order valence-electron chi connectivity index (χ2n) is 12.4. The predicted molar refractivity (Wildman–Crippen MR) is 133 cm³/mol. The minimum absolute atomic E-state index is 0.958. The Kier molecular flexibility index (Phi) is 11.3. The zero-order valence-corrected chi connectivity index (χ0v) is 22.5. The van der Waals surface area contributed by atoms with Crippen LogP contribution in [0.3, 0.4) is 0 Å². The van der Waals surface area contributed by atoms with E-state index in [1.165, 1.54) is 32.1 Å². The summed E-state index contributed by atoms with van der Waals surface area (Å²) in [6.45, 7) is 28.7. The molecular weight excluding hydrogens is 348 g/mol. The smallest absolute Gasteiger partial charge is 0.0363 e. The van der Waals surface area contributed by atoms with Gasteiger partial charge < -0.3 is 0 Å². The van der Waals surface area contributed by atoms with Crippen molar-refractivity contribution < 1.29 is 0 Å². The molecule has 0 heteroatoms. The summed E-state index contributed by atoms with van der Waals surface area (Å²) < 4.78 is 0. The van der Waals surface area contributed by atoms with Gasteiger partial charge in [-0.25, -0.2) is 0 Å². The van der Waals surface area contributed by atoms with Crippen molar-refractivity contribution in [3.05, 3.63) is 0 Å². The first-order valence-corrected chi connectivity index (χ1v) is 13.4. The van der Waals surface area contributed by atoms with Crippen molar-refractivity contribution >= 4 is 0 Å². The van der Waals surface area contributed by atoms with Gasteiger partial charge in [-0.3, -0.25) is 0 Å². The van der Waals surface area contributed by atoms with Crippen LogP contribution >= 0.6 is 0 Å². The summed E-state index contributed by atoms with van der Waals surface area (Å²) in [6, 6.07) is 0. The van der Waals surface area contributed by atoms with Crippen molar-refractivity contribution in [2.45, 2.75) is 115 Å². The molecule has 3 aliphatic carbocycles. The fraction of sp³-hybridized carbons (Fsp3) is 1.00. The van der Waals surface area contributed by atoms with Gasteiger partial charge in [0, 0.05) is 0 Å². The van der Waals surface area contributed by atoms with Crippen molar-refractivity contribution in [3.8, 4) is 0 Å². The molecule has 0 aromatic heterocycles. The Morgan fingerprint density at radius 1 is 0.379 bits per heavy atom. The topological polar surface area (TPSA) is 0 Å². The third-order valence-electron chi connectivity index (χ3n) is 10.3. The maximum absolute atomic E-state index is 2.42. The molecule has 0 amide bonds. The second-order valence-corrected chi connectivity index (χ2v) is 12.4. The Balaban J connectivity index is 0.000000218. The van der Waals surface area contributed by atoms with Crippen molar-refractivity contribution in [2.24, 2.45) is 71.0 Å². The number of rotatable bonds is 1. The molecular formula is C29H58. The minimum atomic E-state index is 0.958. The van der Waals surface area contributed by atoms with Crippen LogP contribution in [0.5, 0.6) is 0 Å². The van der Waals surface area contributed by atoms with Crippen molar-refractivity contribution in [1.82, 2.24) is 0 Å². The zero-order chi connectivity index (χ0) is 22.5. The summed E-state index contributed by atoms with van der Waals surface area (Å²) in [7, 11) is 0. The third kappa shape index (κ3) is 7.57. The Morgan fingerprint density at radius 3 is 0.828 bits per heavy atom. The Morgan fingerprint density at radius 2 is 0.655 bits per heavy atom. The molecule has 0 nitrogen and oxygen atoms in total. The second kappa shape index (κ2) is 12.1. The molecule has 0 spiro atoms. The maximum Gasteiger partial charge on any atom is -0.0363 e. The van der Waals surface area contributed by atoms with E-state index in [1.54, 1.807) is 0 Å². The molecule has 0 aromatic carbocycles.